The number of carboxylic acids is 1. The van der Waals surface area contributed by atoms with Gasteiger partial charge in [0.15, 0.2) is 0 Å². The maximum absolute atomic E-state index is 10.8. The lowest BCUT2D eigenvalue weighted by molar-refractivity contribution is -0.302. The van der Waals surface area contributed by atoms with Crippen LogP contribution in [0.1, 0.15) is 25.3 Å². The molecule has 0 atom stereocenters. The zero-order valence-corrected chi connectivity index (χ0v) is 13.1. The molecule has 0 unspecified atom stereocenters. The van der Waals surface area contributed by atoms with Crippen molar-refractivity contribution in [3.8, 4) is 5.75 Å². The number of aliphatic carboxylic acids is 1. The van der Waals surface area contributed by atoms with E-state index in [4.69, 9.17) is 9.47 Å². The molecule has 1 rings (SSSR count). The van der Waals surface area contributed by atoms with Crippen molar-refractivity contribution in [2.45, 2.75) is 19.8 Å². The lowest BCUT2D eigenvalue weighted by atomic mass is 10.2. The highest BCUT2D eigenvalue weighted by molar-refractivity contribution is 14.1. The fourth-order valence-electron chi connectivity index (χ4n) is 1.40. The van der Waals surface area contributed by atoms with E-state index in [1.54, 1.807) is 12.1 Å². The molecular weight excluding hydrogens is 359 g/mol. The Morgan fingerprint density at radius 2 is 2.21 bits per heavy atom. The molecule has 0 saturated heterocycles. The highest BCUT2D eigenvalue weighted by Crippen LogP contribution is 2.24. The number of rotatable bonds is 7. The second-order valence-corrected chi connectivity index (χ2v) is 5.05. The zero-order valence-electron chi connectivity index (χ0n) is 10.9. The predicted molar refractivity (Wildman–Crippen MR) is 79.6 cm³/mol. The van der Waals surface area contributed by atoms with Crippen LogP contribution in [0.15, 0.2) is 24.0 Å². The van der Waals surface area contributed by atoms with Gasteiger partial charge in [-0.1, -0.05) is 19.4 Å². The van der Waals surface area contributed by atoms with Gasteiger partial charge in [-0.15, -0.1) is 0 Å². The first-order valence-electron chi connectivity index (χ1n) is 5.97. The van der Waals surface area contributed by atoms with Crippen molar-refractivity contribution in [2.24, 2.45) is 0 Å². The molecule has 0 N–H and O–H groups in total. The van der Waals surface area contributed by atoms with Crippen LogP contribution in [0.2, 0.25) is 0 Å². The Morgan fingerprint density at radius 1 is 1.47 bits per heavy atom. The fourth-order valence-corrected chi connectivity index (χ4v) is 1.89. The maximum Gasteiger partial charge on any atom is 0.142 e. The first-order chi connectivity index (χ1) is 9.08. The number of methoxy groups -OCH3 is 1. The van der Waals surface area contributed by atoms with Gasteiger partial charge in [-0.3, -0.25) is 0 Å². The average Bonchev–Trinajstić information content (AvgIpc) is 2.39. The number of carbonyl (C=O) groups excluding carboxylic acids is 1. The van der Waals surface area contributed by atoms with Crippen LogP contribution in [-0.4, -0.2) is 19.7 Å². The van der Waals surface area contributed by atoms with Gasteiger partial charge in [-0.05, 0) is 52.8 Å². The van der Waals surface area contributed by atoms with E-state index in [9.17, 15) is 9.90 Å². The van der Waals surface area contributed by atoms with Crippen LogP contribution >= 0.6 is 22.6 Å². The topological polar surface area (TPSA) is 58.6 Å². The van der Waals surface area contributed by atoms with Gasteiger partial charge in [0.2, 0.25) is 0 Å². The summed E-state index contributed by atoms with van der Waals surface area (Å²) in [4.78, 5) is 10.8. The summed E-state index contributed by atoms with van der Waals surface area (Å²) in [5.41, 5.74) is 0.702. The standard InChI is InChI=1S/C14H17IO4/c1-3-4-7-19-12-8-10(5-6-11(12)15)9-13(18-2)14(16)17/h5-6,8-9H,3-4,7H2,1-2H3,(H,16,17)/p-1/b13-9+. The van der Waals surface area contributed by atoms with Gasteiger partial charge in [-0.25, -0.2) is 0 Å². The third kappa shape index (κ3) is 5.10. The van der Waals surface area contributed by atoms with E-state index in [0.29, 0.717) is 12.2 Å². The summed E-state index contributed by atoms with van der Waals surface area (Å²) in [6.45, 7) is 2.75. The van der Waals surface area contributed by atoms with Gasteiger partial charge in [-0.2, -0.15) is 0 Å². The molecule has 0 aliphatic carbocycles. The van der Waals surface area contributed by atoms with E-state index in [2.05, 4.69) is 29.5 Å². The summed E-state index contributed by atoms with van der Waals surface area (Å²) in [7, 11) is 1.30. The number of carboxylic acid groups (broad SMARTS) is 1. The van der Waals surface area contributed by atoms with Crippen LogP contribution in [0, 0.1) is 3.57 Å². The van der Waals surface area contributed by atoms with Crippen LogP contribution in [0.25, 0.3) is 6.08 Å². The van der Waals surface area contributed by atoms with E-state index < -0.39 is 5.97 Å². The summed E-state index contributed by atoms with van der Waals surface area (Å²) >= 11 is 2.18. The van der Waals surface area contributed by atoms with Crippen molar-refractivity contribution in [3.63, 3.8) is 0 Å². The number of benzene rings is 1. The zero-order chi connectivity index (χ0) is 14.3. The van der Waals surface area contributed by atoms with Crippen molar-refractivity contribution in [1.29, 1.82) is 0 Å². The van der Waals surface area contributed by atoms with Gasteiger partial charge in [0.05, 0.1) is 17.3 Å². The predicted octanol–water partition coefficient (Wildman–Crippen LogP) is 2.21. The van der Waals surface area contributed by atoms with Crippen LogP contribution < -0.4 is 9.84 Å². The number of hydrogen-bond acceptors (Lipinski definition) is 4. The molecule has 104 valence electrons. The molecule has 0 aromatic heterocycles. The average molecular weight is 375 g/mol. The van der Waals surface area contributed by atoms with E-state index in [1.807, 2.05) is 6.07 Å². The smallest absolute Gasteiger partial charge is 0.142 e. The lowest BCUT2D eigenvalue weighted by Gasteiger charge is -2.10. The molecule has 0 bridgehead atoms. The van der Waals surface area contributed by atoms with Crippen molar-refractivity contribution >= 4 is 34.6 Å². The normalized spacial score (nSPS) is 11.2. The summed E-state index contributed by atoms with van der Waals surface area (Å²) in [6, 6.07) is 5.46. The first kappa shape index (κ1) is 15.8. The van der Waals surface area contributed by atoms with Crippen LogP contribution in [0.3, 0.4) is 0 Å². The molecule has 0 saturated carbocycles. The van der Waals surface area contributed by atoms with Crippen molar-refractivity contribution in [1.82, 2.24) is 0 Å². The van der Waals surface area contributed by atoms with Gasteiger partial charge in [0, 0.05) is 0 Å². The van der Waals surface area contributed by atoms with E-state index in [0.717, 1.165) is 22.2 Å². The monoisotopic (exact) mass is 375 g/mol. The van der Waals surface area contributed by atoms with Crippen LogP contribution in [0.4, 0.5) is 0 Å². The second-order valence-electron chi connectivity index (χ2n) is 3.89. The molecule has 19 heavy (non-hydrogen) atoms. The van der Waals surface area contributed by atoms with E-state index >= 15 is 0 Å². The molecule has 0 radical (unpaired) electrons. The number of ether oxygens (including phenoxy) is 2. The number of unbranched alkanes of at least 4 members (excludes halogenated alkanes) is 1. The number of hydrogen-bond donors (Lipinski definition) is 0. The summed E-state index contributed by atoms with van der Waals surface area (Å²) < 4.78 is 11.4. The van der Waals surface area contributed by atoms with E-state index in [-0.39, 0.29) is 5.76 Å². The molecule has 0 aliphatic rings. The molecule has 0 aliphatic heterocycles. The Bertz CT molecular complexity index is 469. The molecule has 0 heterocycles. The van der Waals surface area contributed by atoms with Gasteiger partial charge in [0.1, 0.15) is 17.5 Å². The largest absolute Gasteiger partial charge is 0.542 e. The Balaban J connectivity index is 2.91. The van der Waals surface area contributed by atoms with Crippen molar-refractivity contribution in [2.75, 3.05) is 13.7 Å². The van der Waals surface area contributed by atoms with E-state index in [1.165, 1.54) is 13.2 Å². The molecule has 0 amide bonds. The minimum atomic E-state index is -1.34. The van der Waals surface area contributed by atoms with Gasteiger partial charge in [0.25, 0.3) is 0 Å². The summed E-state index contributed by atoms with van der Waals surface area (Å²) in [5.74, 6) is -0.799. The molecular formula is C14H16IO4-. The number of halogens is 1. The highest BCUT2D eigenvalue weighted by atomic mass is 127. The summed E-state index contributed by atoms with van der Waals surface area (Å²) in [5, 5.41) is 10.8. The van der Waals surface area contributed by atoms with Crippen LogP contribution in [-0.2, 0) is 9.53 Å². The Morgan fingerprint density at radius 3 is 2.79 bits per heavy atom. The molecule has 0 fully saturated rings. The van der Waals surface area contributed by atoms with Gasteiger partial charge < -0.3 is 19.4 Å². The lowest BCUT2D eigenvalue weighted by Crippen LogP contribution is -2.25. The highest BCUT2D eigenvalue weighted by Gasteiger charge is 2.04. The van der Waals surface area contributed by atoms with Crippen molar-refractivity contribution in [3.05, 3.63) is 33.1 Å². The maximum atomic E-state index is 10.8. The van der Waals surface area contributed by atoms with Gasteiger partial charge >= 0.3 is 0 Å². The third-order valence-electron chi connectivity index (χ3n) is 2.43. The molecule has 4 nitrogen and oxygen atoms in total. The minimum absolute atomic E-state index is 0.208. The summed E-state index contributed by atoms with van der Waals surface area (Å²) in [6.07, 6.45) is 3.46. The molecule has 5 heteroatoms. The second kappa shape index (κ2) is 8.04. The third-order valence-corrected chi connectivity index (χ3v) is 3.32. The quantitative estimate of drug-likeness (QED) is 0.317. The molecule has 1 aromatic carbocycles. The molecule has 0 spiro atoms. The Kier molecular flexibility index (Phi) is 6.69. The Hall–Kier alpha value is -1.24. The number of carbonyl (C=O) groups is 1. The molecule has 1 aromatic rings. The van der Waals surface area contributed by atoms with Crippen molar-refractivity contribution < 1.29 is 19.4 Å². The first-order valence-corrected chi connectivity index (χ1v) is 7.05. The van der Waals surface area contributed by atoms with Crippen LogP contribution in [0.5, 0.6) is 5.75 Å². The SMILES string of the molecule is CCCCOc1cc(/C=C(/OC)C(=O)[O-])ccc1I. The fraction of sp³-hybridized carbons (Fsp3) is 0.357. The minimum Gasteiger partial charge on any atom is -0.542 e. The Labute approximate surface area is 126 Å².